The van der Waals surface area contributed by atoms with E-state index in [2.05, 4.69) is 45.9 Å². The van der Waals surface area contributed by atoms with Crippen LogP contribution in [0.15, 0.2) is 60.7 Å². The van der Waals surface area contributed by atoms with E-state index in [1.54, 1.807) is 6.07 Å². The summed E-state index contributed by atoms with van der Waals surface area (Å²) >= 11 is 8.39. The van der Waals surface area contributed by atoms with Crippen molar-refractivity contribution >= 4 is 45.8 Å². The predicted octanol–water partition coefficient (Wildman–Crippen LogP) is 5.52. The van der Waals surface area contributed by atoms with Gasteiger partial charge in [0, 0.05) is 33.8 Å². The summed E-state index contributed by atoms with van der Waals surface area (Å²) in [6.07, 6.45) is 0.881. The van der Waals surface area contributed by atoms with Crippen LogP contribution in [0.1, 0.15) is 33.0 Å². The van der Waals surface area contributed by atoms with Gasteiger partial charge in [0.15, 0.2) is 0 Å². The third-order valence-corrected chi connectivity index (χ3v) is 6.52. The number of hydrogen-bond acceptors (Lipinski definition) is 3. The van der Waals surface area contributed by atoms with Crippen molar-refractivity contribution < 1.29 is 9.90 Å². The highest BCUT2D eigenvalue weighted by molar-refractivity contribution is 14.1. The molecule has 2 N–H and O–H groups in total. The standard InChI is InChI=1S/C24H22ClIN2O2/c1-28-10-9-17-12-22(25)23(29)13-20(17)21(14-28)16-3-2-4-19(11-16)27-24(30)15-5-7-18(26)8-6-15/h2-8,11-13,21,29H,9-10,14H2,1H3,(H,27,30). The first-order valence-corrected chi connectivity index (χ1v) is 11.2. The molecule has 30 heavy (non-hydrogen) atoms. The fourth-order valence-corrected chi connectivity index (χ4v) is 4.44. The van der Waals surface area contributed by atoms with Crippen LogP contribution in [-0.4, -0.2) is 36.1 Å². The van der Waals surface area contributed by atoms with Crippen molar-refractivity contribution in [2.45, 2.75) is 12.3 Å². The number of carbonyl (C=O) groups is 1. The average Bonchev–Trinajstić information content (AvgIpc) is 2.88. The maximum atomic E-state index is 12.6. The highest BCUT2D eigenvalue weighted by atomic mass is 127. The van der Waals surface area contributed by atoms with Gasteiger partial charge in [-0.25, -0.2) is 0 Å². The predicted molar refractivity (Wildman–Crippen MR) is 130 cm³/mol. The molecule has 0 aromatic heterocycles. The summed E-state index contributed by atoms with van der Waals surface area (Å²) in [5.74, 6) is 0.0466. The van der Waals surface area contributed by atoms with Crippen LogP contribution in [0.2, 0.25) is 5.02 Å². The van der Waals surface area contributed by atoms with Crippen molar-refractivity contribution in [3.63, 3.8) is 0 Å². The zero-order valence-electron chi connectivity index (χ0n) is 16.5. The number of likely N-dealkylation sites (N-methyl/N-ethyl adjacent to an activating group) is 1. The molecule has 0 fully saturated rings. The third kappa shape index (κ3) is 4.63. The van der Waals surface area contributed by atoms with Gasteiger partial charge in [0.2, 0.25) is 0 Å². The number of fused-ring (bicyclic) bond motifs is 1. The number of anilines is 1. The minimum absolute atomic E-state index is 0.0748. The molecular formula is C24H22ClIN2O2. The maximum absolute atomic E-state index is 12.6. The normalized spacial score (nSPS) is 16.6. The summed E-state index contributed by atoms with van der Waals surface area (Å²) < 4.78 is 1.09. The van der Waals surface area contributed by atoms with Gasteiger partial charge in [-0.2, -0.15) is 0 Å². The molecule has 4 rings (SSSR count). The van der Waals surface area contributed by atoms with Gasteiger partial charge in [-0.15, -0.1) is 0 Å². The number of carbonyl (C=O) groups excluding carboxylic acids is 1. The number of phenols is 1. The topological polar surface area (TPSA) is 52.6 Å². The molecule has 0 saturated heterocycles. The molecule has 6 heteroatoms. The summed E-state index contributed by atoms with van der Waals surface area (Å²) in [6, 6.07) is 19.1. The Morgan fingerprint density at radius 3 is 2.70 bits per heavy atom. The molecule has 3 aromatic rings. The van der Waals surface area contributed by atoms with Crippen molar-refractivity contribution in [3.05, 3.63) is 91.5 Å². The van der Waals surface area contributed by atoms with Crippen LogP contribution in [0, 0.1) is 3.57 Å². The lowest BCUT2D eigenvalue weighted by Crippen LogP contribution is -2.24. The van der Waals surface area contributed by atoms with Crippen molar-refractivity contribution in [1.29, 1.82) is 0 Å². The molecule has 3 aromatic carbocycles. The third-order valence-electron chi connectivity index (χ3n) is 5.49. The zero-order valence-corrected chi connectivity index (χ0v) is 19.4. The van der Waals surface area contributed by atoms with Gasteiger partial charge < -0.3 is 15.3 Å². The summed E-state index contributed by atoms with van der Waals surface area (Å²) in [4.78, 5) is 14.9. The van der Waals surface area contributed by atoms with Crippen LogP contribution in [-0.2, 0) is 6.42 Å². The SMILES string of the molecule is CN1CCc2cc(Cl)c(O)cc2C(c2cccc(NC(=O)c3ccc(I)cc3)c2)C1. The average molecular weight is 533 g/mol. The smallest absolute Gasteiger partial charge is 0.255 e. The molecule has 0 radical (unpaired) electrons. The van der Waals surface area contributed by atoms with E-state index in [9.17, 15) is 9.90 Å². The quantitative estimate of drug-likeness (QED) is 0.437. The van der Waals surface area contributed by atoms with Crippen LogP contribution < -0.4 is 5.32 Å². The summed E-state index contributed by atoms with van der Waals surface area (Å²) in [5, 5.41) is 13.6. The lowest BCUT2D eigenvalue weighted by atomic mass is 9.87. The Labute approximate surface area is 195 Å². The fraction of sp³-hybridized carbons (Fsp3) is 0.208. The van der Waals surface area contributed by atoms with Gasteiger partial charge >= 0.3 is 0 Å². The van der Waals surface area contributed by atoms with Crippen LogP contribution in [0.5, 0.6) is 5.75 Å². The van der Waals surface area contributed by atoms with Gasteiger partial charge in [-0.3, -0.25) is 4.79 Å². The molecule has 154 valence electrons. The summed E-state index contributed by atoms with van der Waals surface area (Å²) in [5.41, 5.74) is 4.71. The van der Waals surface area contributed by atoms with Gasteiger partial charge in [-0.1, -0.05) is 23.7 Å². The van der Waals surface area contributed by atoms with Crippen molar-refractivity contribution in [2.24, 2.45) is 0 Å². The second-order valence-electron chi connectivity index (χ2n) is 7.65. The van der Waals surface area contributed by atoms with Crippen molar-refractivity contribution in [1.82, 2.24) is 4.90 Å². The number of hydrogen-bond donors (Lipinski definition) is 2. The Balaban J connectivity index is 1.65. The molecule has 0 bridgehead atoms. The Hall–Kier alpha value is -2.09. The molecule has 1 atom stereocenters. The van der Waals surface area contributed by atoms with E-state index in [1.165, 1.54) is 0 Å². The Bertz CT molecular complexity index is 1090. The van der Waals surface area contributed by atoms with E-state index in [0.717, 1.165) is 45.5 Å². The van der Waals surface area contributed by atoms with E-state index in [0.29, 0.717) is 10.6 Å². The Kier molecular flexibility index (Phi) is 6.32. The molecule has 1 aliphatic heterocycles. The maximum Gasteiger partial charge on any atom is 0.255 e. The van der Waals surface area contributed by atoms with E-state index in [-0.39, 0.29) is 17.6 Å². The highest BCUT2D eigenvalue weighted by Crippen LogP contribution is 2.37. The molecule has 1 unspecified atom stereocenters. The van der Waals surface area contributed by atoms with Crippen LogP contribution in [0.4, 0.5) is 5.69 Å². The number of nitrogens with one attached hydrogen (secondary N) is 1. The number of phenolic OH excluding ortho intramolecular Hbond substituents is 1. The van der Waals surface area contributed by atoms with E-state index in [1.807, 2.05) is 48.5 Å². The first-order chi connectivity index (χ1) is 14.4. The number of benzene rings is 3. The molecule has 1 heterocycles. The number of halogens is 2. The number of aromatic hydroxyl groups is 1. The first kappa shape index (κ1) is 21.2. The van der Waals surface area contributed by atoms with Gasteiger partial charge in [0.05, 0.1) is 5.02 Å². The summed E-state index contributed by atoms with van der Waals surface area (Å²) in [6.45, 7) is 1.75. The first-order valence-electron chi connectivity index (χ1n) is 9.77. The molecule has 0 saturated carbocycles. The molecule has 1 aliphatic rings. The fourth-order valence-electron chi connectivity index (χ4n) is 3.90. The van der Waals surface area contributed by atoms with Crippen molar-refractivity contribution in [2.75, 3.05) is 25.5 Å². The Morgan fingerprint density at radius 2 is 1.93 bits per heavy atom. The molecule has 1 amide bonds. The number of rotatable bonds is 3. The minimum Gasteiger partial charge on any atom is -0.506 e. The number of amides is 1. The monoisotopic (exact) mass is 532 g/mol. The molecule has 0 spiro atoms. The molecular weight excluding hydrogens is 511 g/mol. The zero-order chi connectivity index (χ0) is 21.3. The minimum atomic E-state index is -0.133. The van der Waals surface area contributed by atoms with Gasteiger partial charge in [-0.05, 0) is 101 Å². The van der Waals surface area contributed by atoms with E-state index >= 15 is 0 Å². The Morgan fingerprint density at radius 1 is 1.17 bits per heavy atom. The lowest BCUT2D eigenvalue weighted by Gasteiger charge is -2.23. The van der Waals surface area contributed by atoms with Gasteiger partial charge in [0.1, 0.15) is 5.75 Å². The highest BCUT2D eigenvalue weighted by Gasteiger charge is 2.24. The van der Waals surface area contributed by atoms with E-state index < -0.39 is 0 Å². The van der Waals surface area contributed by atoms with Crippen LogP contribution in [0.25, 0.3) is 0 Å². The van der Waals surface area contributed by atoms with Crippen molar-refractivity contribution in [3.8, 4) is 5.75 Å². The second kappa shape index (κ2) is 8.96. The molecule has 4 nitrogen and oxygen atoms in total. The lowest BCUT2D eigenvalue weighted by molar-refractivity contribution is 0.102. The van der Waals surface area contributed by atoms with E-state index in [4.69, 9.17) is 11.6 Å². The largest absolute Gasteiger partial charge is 0.506 e. The molecule has 0 aliphatic carbocycles. The van der Waals surface area contributed by atoms with Crippen LogP contribution >= 0.6 is 34.2 Å². The summed E-state index contributed by atoms with van der Waals surface area (Å²) in [7, 11) is 2.10. The van der Waals surface area contributed by atoms with Crippen LogP contribution in [0.3, 0.4) is 0 Å². The number of nitrogens with zero attached hydrogens (tertiary/aromatic N) is 1. The second-order valence-corrected chi connectivity index (χ2v) is 9.31. The van der Waals surface area contributed by atoms with Gasteiger partial charge in [0.25, 0.3) is 5.91 Å².